The summed E-state index contributed by atoms with van der Waals surface area (Å²) in [5, 5.41) is 3.13. The highest BCUT2D eigenvalue weighted by Crippen LogP contribution is 2.35. The number of rotatable bonds is 6. The standard InChI is InChI=1S/C26H37N5O6S/c1-18(2)30-22-6-3-4-7-23(22)31(25(30)33)24(32)27-19-16-20-8-9-21(17-19)29(20)10-5-13-37-26(34)28-11-14-38(35,36)15-12-28/h3-4,6-7,18-21H,5,8-17H2,1-2H3,(H,27,32)/t19?,20-,21+. The van der Waals surface area contributed by atoms with Gasteiger partial charge in [0.2, 0.25) is 0 Å². The number of piperidine rings is 1. The zero-order chi connectivity index (χ0) is 27.0. The van der Waals surface area contributed by atoms with Crippen LogP contribution in [0.25, 0.3) is 11.0 Å². The van der Waals surface area contributed by atoms with Crippen LogP contribution in [0.2, 0.25) is 0 Å². The van der Waals surface area contributed by atoms with Gasteiger partial charge in [-0.1, -0.05) is 12.1 Å². The third-order valence-electron chi connectivity index (χ3n) is 8.10. The van der Waals surface area contributed by atoms with Gasteiger partial charge in [0.05, 0.1) is 29.1 Å². The number of hydrogen-bond acceptors (Lipinski definition) is 7. The van der Waals surface area contributed by atoms with Gasteiger partial charge in [0.1, 0.15) is 0 Å². The average molecular weight is 548 g/mol. The second-order valence-corrected chi connectivity index (χ2v) is 13.2. The molecule has 2 amide bonds. The van der Waals surface area contributed by atoms with Crippen LogP contribution in [0.15, 0.2) is 29.1 Å². The second-order valence-electron chi connectivity index (χ2n) is 10.9. The summed E-state index contributed by atoms with van der Waals surface area (Å²) in [6.45, 7) is 5.35. The molecule has 4 heterocycles. The van der Waals surface area contributed by atoms with Crippen LogP contribution in [0.5, 0.6) is 0 Å². The second kappa shape index (κ2) is 10.7. The Kier molecular flexibility index (Phi) is 7.54. The molecule has 11 nitrogen and oxygen atoms in total. The Morgan fingerprint density at radius 1 is 1.05 bits per heavy atom. The van der Waals surface area contributed by atoms with Crippen LogP contribution in [-0.4, -0.2) is 95.3 Å². The maximum atomic E-state index is 13.3. The van der Waals surface area contributed by atoms with Crippen LogP contribution in [0.1, 0.15) is 52.0 Å². The lowest BCUT2D eigenvalue weighted by atomic mass is 9.97. The first-order valence-corrected chi connectivity index (χ1v) is 15.4. The number of hydrogen-bond donors (Lipinski definition) is 1. The fourth-order valence-electron chi connectivity index (χ4n) is 6.26. The SMILES string of the molecule is CC(C)n1c(=O)n(C(=O)NC2C[C@H]3CC[C@@H](C2)N3CCCOC(=O)N2CCS(=O)(=O)CC2)c2ccccc21. The van der Waals surface area contributed by atoms with Gasteiger partial charge in [-0.3, -0.25) is 9.47 Å². The number of sulfone groups is 1. The van der Waals surface area contributed by atoms with Gasteiger partial charge in [0, 0.05) is 43.8 Å². The Bertz CT molecular complexity index is 1340. The average Bonchev–Trinajstić information content (AvgIpc) is 3.29. The molecule has 1 aromatic carbocycles. The Morgan fingerprint density at radius 3 is 2.32 bits per heavy atom. The predicted octanol–water partition coefficient (Wildman–Crippen LogP) is 2.19. The maximum absolute atomic E-state index is 13.3. The minimum Gasteiger partial charge on any atom is -0.449 e. The van der Waals surface area contributed by atoms with Crippen LogP contribution < -0.4 is 11.0 Å². The van der Waals surface area contributed by atoms with Gasteiger partial charge in [-0.25, -0.2) is 27.4 Å². The summed E-state index contributed by atoms with van der Waals surface area (Å²) < 4.78 is 31.4. The Balaban J connectivity index is 1.13. The summed E-state index contributed by atoms with van der Waals surface area (Å²) in [6, 6.07) is 7.64. The van der Waals surface area contributed by atoms with Crippen molar-refractivity contribution < 1.29 is 22.7 Å². The van der Waals surface area contributed by atoms with Crippen molar-refractivity contribution in [2.75, 3.05) is 37.7 Å². The molecule has 2 bridgehead atoms. The molecule has 1 unspecified atom stereocenters. The van der Waals surface area contributed by atoms with E-state index in [-0.39, 0.29) is 48.4 Å². The molecule has 3 fully saturated rings. The Labute approximate surface area is 222 Å². The van der Waals surface area contributed by atoms with Gasteiger partial charge < -0.3 is 15.0 Å². The lowest BCUT2D eigenvalue weighted by Crippen LogP contribution is -2.52. The Morgan fingerprint density at radius 2 is 1.68 bits per heavy atom. The summed E-state index contributed by atoms with van der Waals surface area (Å²) in [6.07, 6.45) is 4.02. The molecule has 1 aromatic heterocycles. The number of aromatic nitrogens is 2. The van der Waals surface area contributed by atoms with E-state index < -0.39 is 15.9 Å². The van der Waals surface area contributed by atoms with Gasteiger partial charge in [-0.15, -0.1) is 0 Å². The molecule has 0 spiro atoms. The molecule has 12 heteroatoms. The van der Waals surface area contributed by atoms with Crippen molar-refractivity contribution in [3.8, 4) is 0 Å². The van der Waals surface area contributed by atoms with Gasteiger partial charge in [0.25, 0.3) is 0 Å². The zero-order valence-corrected chi connectivity index (χ0v) is 22.9. The summed E-state index contributed by atoms with van der Waals surface area (Å²) in [5.41, 5.74) is 1.05. The first kappa shape index (κ1) is 26.7. The molecule has 2 aromatic rings. The molecule has 3 saturated heterocycles. The summed E-state index contributed by atoms with van der Waals surface area (Å²) in [4.78, 5) is 42.6. The lowest BCUT2D eigenvalue weighted by molar-refractivity contribution is 0.0851. The number of para-hydroxylation sites is 2. The quantitative estimate of drug-likeness (QED) is 0.550. The fraction of sp³-hybridized carbons (Fsp3) is 0.654. The molecule has 1 N–H and O–H groups in total. The topological polar surface area (TPSA) is 123 Å². The molecule has 0 aliphatic carbocycles. The fourth-order valence-corrected chi connectivity index (χ4v) is 7.46. The van der Waals surface area contributed by atoms with Gasteiger partial charge in [0.15, 0.2) is 9.84 Å². The lowest BCUT2D eigenvalue weighted by Gasteiger charge is -2.39. The molecule has 3 aliphatic heterocycles. The van der Waals surface area contributed by atoms with Crippen molar-refractivity contribution in [2.45, 2.75) is 70.1 Å². The van der Waals surface area contributed by atoms with E-state index in [2.05, 4.69) is 10.2 Å². The third kappa shape index (κ3) is 5.33. The number of nitrogens with zero attached hydrogens (tertiary/aromatic N) is 4. The van der Waals surface area contributed by atoms with E-state index in [1.165, 1.54) is 9.47 Å². The molecular weight excluding hydrogens is 510 g/mol. The van der Waals surface area contributed by atoms with Crippen LogP contribution in [0.3, 0.4) is 0 Å². The number of nitrogens with one attached hydrogen (secondary N) is 1. The van der Waals surface area contributed by atoms with Crippen LogP contribution in [-0.2, 0) is 14.6 Å². The zero-order valence-electron chi connectivity index (χ0n) is 22.0. The largest absolute Gasteiger partial charge is 0.449 e. The summed E-state index contributed by atoms with van der Waals surface area (Å²) in [7, 11) is -3.04. The van der Waals surface area contributed by atoms with E-state index in [9.17, 15) is 22.8 Å². The van der Waals surface area contributed by atoms with E-state index >= 15 is 0 Å². The van der Waals surface area contributed by atoms with E-state index in [0.717, 1.165) is 37.7 Å². The molecule has 3 aliphatic rings. The maximum Gasteiger partial charge on any atom is 0.409 e. The number of imidazole rings is 1. The van der Waals surface area contributed by atoms with Gasteiger partial charge in [-0.2, -0.15) is 0 Å². The van der Waals surface area contributed by atoms with Crippen molar-refractivity contribution in [3.63, 3.8) is 0 Å². The van der Waals surface area contributed by atoms with Gasteiger partial charge in [-0.05, 0) is 58.1 Å². The number of carbonyl (C=O) groups is 2. The smallest absolute Gasteiger partial charge is 0.409 e. The molecule has 0 radical (unpaired) electrons. The van der Waals surface area contributed by atoms with Crippen molar-refractivity contribution in [1.82, 2.24) is 24.3 Å². The predicted molar refractivity (Wildman–Crippen MR) is 143 cm³/mol. The van der Waals surface area contributed by atoms with Crippen molar-refractivity contribution in [3.05, 3.63) is 34.7 Å². The normalized spacial score (nSPS) is 25.1. The first-order valence-electron chi connectivity index (χ1n) is 13.6. The molecule has 38 heavy (non-hydrogen) atoms. The van der Waals surface area contributed by atoms with Crippen LogP contribution in [0, 0.1) is 0 Å². The highest BCUT2D eigenvalue weighted by molar-refractivity contribution is 7.91. The van der Waals surface area contributed by atoms with Crippen molar-refractivity contribution >= 4 is 33.0 Å². The molecule has 5 rings (SSSR count). The molecule has 0 saturated carbocycles. The van der Waals surface area contributed by atoms with E-state index in [4.69, 9.17) is 4.74 Å². The number of fused-ring (bicyclic) bond motifs is 3. The van der Waals surface area contributed by atoms with Crippen LogP contribution in [0.4, 0.5) is 9.59 Å². The minimum atomic E-state index is -3.04. The number of benzene rings is 1. The number of amides is 2. The molecule has 208 valence electrons. The number of ether oxygens (including phenoxy) is 1. The Hall–Kier alpha value is -2.86. The van der Waals surface area contributed by atoms with Crippen molar-refractivity contribution in [1.29, 1.82) is 0 Å². The van der Waals surface area contributed by atoms with Gasteiger partial charge >= 0.3 is 17.8 Å². The van der Waals surface area contributed by atoms with E-state index in [0.29, 0.717) is 30.6 Å². The molecular formula is C26H37N5O6S. The summed E-state index contributed by atoms with van der Waals surface area (Å²) >= 11 is 0. The highest BCUT2D eigenvalue weighted by atomic mass is 32.2. The van der Waals surface area contributed by atoms with Crippen LogP contribution >= 0.6 is 0 Å². The minimum absolute atomic E-state index is 0.00230. The molecule has 3 atom stereocenters. The first-order chi connectivity index (χ1) is 18.1. The highest BCUT2D eigenvalue weighted by Gasteiger charge is 2.41. The van der Waals surface area contributed by atoms with Crippen molar-refractivity contribution in [2.24, 2.45) is 0 Å². The van der Waals surface area contributed by atoms with E-state index in [1.54, 1.807) is 4.57 Å². The third-order valence-corrected chi connectivity index (χ3v) is 9.71. The summed E-state index contributed by atoms with van der Waals surface area (Å²) in [5.74, 6) is -0.0171. The monoisotopic (exact) mass is 547 g/mol. The van der Waals surface area contributed by atoms with E-state index in [1.807, 2.05) is 38.1 Å². The number of carbonyl (C=O) groups excluding carboxylic acids is 2.